The van der Waals surface area contributed by atoms with E-state index in [4.69, 9.17) is 9.47 Å². The zero-order valence-corrected chi connectivity index (χ0v) is 14.0. The lowest BCUT2D eigenvalue weighted by molar-refractivity contribution is 0.114. The first-order chi connectivity index (χ1) is 10.4. The average Bonchev–Trinajstić information content (AvgIpc) is 2.90. The van der Waals surface area contributed by atoms with Gasteiger partial charge in [0.1, 0.15) is 17.0 Å². The monoisotopic (exact) mass is 322 g/mol. The van der Waals surface area contributed by atoms with E-state index in [1.165, 1.54) is 11.3 Å². The fraction of sp³-hybridized carbons (Fsp3) is 0.533. The van der Waals surface area contributed by atoms with Crippen LogP contribution >= 0.6 is 11.3 Å². The molecule has 1 amide bonds. The van der Waals surface area contributed by atoms with Crippen molar-refractivity contribution in [3.63, 3.8) is 0 Å². The molecule has 2 aromatic heterocycles. The Balaban J connectivity index is 1.86. The van der Waals surface area contributed by atoms with Crippen molar-refractivity contribution in [2.45, 2.75) is 33.2 Å². The van der Waals surface area contributed by atoms with Gasteiger partial charge < -0.3 is 14.8 Å². The van der Waals surface area contributed by atoms with Gasteiger partial charge in [-0.1, -0.05) is 25.2 Å². The van der Waals surface area contributed by atoms with E-state index in [9.17, 15) is 4.79 Å². The third-order valence-corrected chi connectivity index (χ3v) is 3.37. The Morgan fingerprint density at radius 3 is 2.95 bits per heavy atom. The van der Waals surface area contributed by atoms with E-state index in [1.807, 2.05) is 33.8 Å². The van der Waals surface area contributed by atoms with Crippen molar-refractivity contribution < 1.29 is 14.3 Å². The van der Waals surface area contributed by atoms with Gasteiger partial charge in [0.2, 0.25) is 5.88 Å². The molecule has 0 fully saturated rings. The Morgan fingerprint density at radius 1 is 1.45 bits per heavy atom. The zero-order valence-electron chi connectivity index (χ0n) is 13.2. The van der Waals surface area contributed by atoms with Crippen LogP contribution in [0, 0.1) is 11.4 Å². The normalized spacial score (nSPS) is 11.7. The fourth-order valence-electron chi connectivity index (χ4n) is 1.62. The van der Waals surface area contributed by atoms with E-state index in [-0.39, 0.29) is 6.61 Å². The van der Waals surface area contributed by atoms with Crippen LogP contribution in [0.4, 0.5) is 4.79 Å². The number of thiazole rings is 1. The number of amides is 1. The molecule has 0 aromatic carbocycles. The molecule has 0 aliphatic heterocycles. The predicted octanol–water partition coefficient (Wildman–Crippen LogP) is 3.03. The number of ether oxygens (including phenoxy) is 2. The van der Waals surface area contributed by atoms with Crippen LogP contribution in [0.25, 0.3) is 10.3 Å². The van der Waals surface area contributed by atoms with Crippen LogP contribution in [0.3, 0.4) is 0 Å². The number of aromatic nitrogens is 2. The molecule has 1 radical (unpaired) electrons. The van der Waals surface area contributed by atoms with Gasteiger partial charge in [0.05, 0.1) is 12.1 Å². The topological polar surface area (TPSA) is 73.3 Å². The summed E-state index contributed by atoms with van der Waals surface area (Å²) in [7, 11) is 0. The summed E-state index contributed by atoms with van der Waals surface area (Å²) in [5.74, 6) is 0.799. The Bertz CT molecular complexity index is 640. The summed E-state index contributed by atoms with van der Waals surface area (Å²) in [6.07, 6.45) is -0.442. The fourth-order valence-corrected chi connectivity index (χ4v) is 2.20. The van der Waals surface area contributed by atoms with Crippen LogP contribution in [0.1, 0.15) is 27.7 Å². The summed E-state index contributed by atoms with van der Waals surface area (Å²) in [4.78, 5) is 20.9. The average molecular weight is 322 g/mol. The summed E-state index contributed by atoms with van der Waals surface area (Å²) in [5, 5.41) is 2.78. The Morgan fingerprint density at radius 2 is 2.23 bits per heavy atom. The largest absolute Gasteiger partial charge is 0.475 e. The Labute approximate surface area is 133 Å². The van der Waals surface area contributed by atoms with Gasteiger partial charge in [0.25, 0.3) is 0 Å². The Hall–Kier alpha value is -1.89. The first kappa shape index (κ1) is 16.5. The second-order valence-electron chi connectivity index (χ2n) is 6.07. The van der Waals surface area contributed by atoms with E-state index >= 15 is 0 Å². The second-order valence-corrected chi connectivity index (χ2v) is 6.84. The van der Waals surface area contributed by atoms with Crippen LogP contribution in [0.5, 0.6) is 5.88 Å². The smallest absolute Gasteiger partial charge is 0.407 e. The Kier molecular flexibility index (Phi) is 5.18. The van der Waals surface area contributed by atoms with Gasteiger partial charge >= 0.3 is 6.09 Å². The van der Waals surface area contributed by atoms with Crippen molar-refractivity contribution in [1.29, 1.82) is 0 Å². The van der Waals surface area contributed by atoms with Crippen molar-refractivity contribution in [2.75, 3.05) is 13.2 Å². The summed E-state index contributed by atoms with van der Waals surface area (Å²) < 4.78 is 10.8. The van der Waals surface area contributed by atoms with Crippen LogP contribution in [-0.2, 0) is 4.74 Å². The molecule has 1 N–H and O–H groups in total. The molecule has 2 aromatic rings. The van der Waals surface area contributed by atoms with Gasteiger partial charge in [0.15, 0.2) is 5.51 Å². The summed E-state index contributed by atoms with van der Waals surface area (Å²) in [6, 6.07) is 3.59. The molecule has 2 rings (SSSR count). The molecule has 2 heterocycles. The van der Waals surface area contributed by atoms with Crippen molar-refractivity contribution in [1.82, 2.24) is 15.3 Å². The number of pyridine rings is 1. The molecule has 0 bridgehead atoms. The molecule has 6 nitrogen and oxygen atoms in total. The molecule has 119 valence electrons. The molecule has 0 aliphatic carbocycles. The molecule has 0 aliphatic rings. The third kappa shape index (κ3) is 4.84. The highest BCUT2D eigenvalue weighted by molar-refractivity contribution is 7.15. The number of hydrogen-bond acceptors (Lipinski definition) is 6. The van der Waals surface area contributed by atoms with Gasteiger partial charge in [-0.05, 0) is 25.8 Å². The summed E-state index contributed by atoms with van der Waals surface area (Å²) >= 11 is 1.34. The standard InChI is InChI=1S/C15H20N3O3S/c1-10(2)7-20-14(19)18-15(3,4)8-21-12-6-5-11-13(17-12)22-9-16-11/h5-6,10H,7-8H2,1-4H3,(H,18,19). The van der Waals surface area contributed by atoms with Crippen LogP contribution < -0.4 is 10.1 Å². The zero-order chi connectivity index (χ0) is 16.2. The highest BCUT2D eigenvalue weighted by Crippen LogP contribution is 2.19. The van der Waals surface area contributed by atoms with Crippen molar-refractivity contribution in [3.8, 4) is 5.88 Å². The van der Waals surface area contributed by atoms with E-state index in [1.54, 1.807) is 6.07 Å². The lowest BCUT2D eigenvalue weighted by Gasteiger charge is -2.25. The molecule has 0 unspecified atom stereocenters. The maximum Gasteiger partial charge on any atom is 0.407 e. The van der Waals surface area contributed by atoms with Crippen LogP contribution in [0.15, 0.2) is 12.1 Å². The van der Waals surface area contributed by atoms with E-state index in [2.05, 4.69) is 20.8 Å². The molecule has 7 heteroatoms. The maximum atomic E-state index is 11.7. The number of carbonyl (C=O) groups excluding carboxylic acids is 1. The summed E-state index contributed by atoms with van der Waals surface area (Å²) in [5.41, 5.74) is 3.02. The number of nitrogens with zero attached hydrogens (tertiary/aromatic N) is 2. The number of nitrogens with one attached hydrogen (secondary N) is 1. The first-order valence-corrected chi connectivity index (χ1v) is 7.89. The third-order valence-electron chi connectivity index (χ3n) is 2.69. The molecule has 0 atom stereocenters. The molecule has 0 saturated heterocycles. The second kappa shape index (κ2) is 6.91. The van der Waals surface area contributed by atoms with Crippen LogP contribution in [-0.4, -0.2) is 34.8 Å². The minimum Gasteiger partial charge on any atom is -0.475 e. The van der Waals surface area contributed by atoms with Gasteiger partial charge in [-0.25, -0.2) is 14.8 Å². The minimum atomic E-state index is -0.565. The van der Waals surface area contributed by atoms with Gasteiger partial charge in [-0.2, -0.15) is 0 Å². The van der Waals surface area contributed by atoms with E-state index < -0.39 is 11.6 Å². The van der Waals surface area contributed by atoms with Crippen molar-refractivity contribution in [3.05, 3.63) is 17.6 Å². The van der Waals surface area contributed by atoms with Gasteiger partial charge in [0, 0.05) is 6.07 Å². The predicted molar refractivity (Wildman–Crippen MR) is 85.1 cm³/mol. The van der Waals surface area contributed by atoms with E-state index in [0.717, 1.165) is 10.3 Å². The lowest BCUT2D eigenvalue weighted by Crippen LogP contribution is -2.48. The van der Waals surface area contributed by atoms with Gasteiger partial charge in [-0.3, -0.25) is 0 Å². The van der Waals surface area contributed by atoms with Crippen molar-refractivity contribution in [2.24, 2.45) is 5.92 Å². The highest BCUT2D eigenvalue weighted by Gasteiger charge is 2.23. The molecular weight excluding hydrogens is 302 g/mol. The van der Waals surface area contributed by atoms with E-state index in [0.29, 0.717) is 18.4 Å². The summed E-state index contributed by atoms with van der Waals surface area (Å²) in [6.45, 7) is 8.37. The lowest BCUT2D eigenvalue weighted by atomic mass is 10.1. The minimum absolute atomic E-state index is 0.283. The highest BCUT2D eigenvalue weighted by atomic mass is 32.1. The molecule has 0 saturated carbocycles. The van der Waals surface area contributed by atoms with Crippen LogP contribution in [0.2, 0.25) is 0 Å². The number of alkyl carbamates (subject to hydrolysis) is 1. The maximum absolute atomic E-state index is 11.7. The first-order valence-electron chi connectivity index (χ1n) is 7.07. The molecular formula is C15H20N3O3S. The number of rotatable bonds is 6. The molecule has 22 heavy (non-hydrogen) atoms. The van der Waals surface area contributed by atoms with Crippen molar-refractivity contribution >= 4 is 27.8 Å². The SMILES string of the molecule is CC(C)COC(=O)NC(C)(C)COc1ccc2n[c]sc2n1. The molecule has 0 spiro atoms. The number of hydrogen-bond donors (Lipinski definition) is 1. The quantitative estimate of drug-likeness (QED) is 0.885. The number of fused-ring (bicyclic) bond motifs is 1. The number of carbonyl (C=O) groups is 1. The van der Waals surface area contributed by atoms with Gasteiger partial charge in [-0.15, -0.1) is 0 Å².